The maximum Gasteiger partial charge on any atom is 0.284 e. The molecule has 2 aromatic heterocycles. The summed E-state index contributed by atoms with van der Waals surface area (Å²) < 4.78 is 1.27. The predicted molar refractivity (Wildman–Crippen MR) is 93.5 cm³/mol. The van der Waals surface area contributed by atoms with Crippen LogP contribution in [0.5, 0.6) is 0 Å². The topological polar surface area (TPSA) is 88.0 Å². The van der Waals surface area contributed by atoms with E-state index in [0.717, 1.165) is 17.3 Å². The summed E-state index contributed by atoms with van der Waals surface area (Å²) in [5.41, 5.74) is 1.81. The van der Waals surface area contributed by atoms with Crippen LogP contribution in [-0.2, 0) is 4.79 Å². The summed E-state index contributed by atoms with van der Waals surface area (Å²) in [6.07, 6.45) is 1.03. The highest BCUT2D eigenvalue weighted by atomic mass is 32.1. The lowest BCUT2D eigenvalue weighted by Gasteiger charge is -1.96. The molecule has 0 saturated carbocycles. The van der Waals surface area contributed by atoms with Gasteiger partial charge in [-0.25, -0.2) is 4.98 Å². The molecule has 0 aliphatic rings. The molecule has 0 unspecified atom stereocenters. The molecule has 7 heteroatoms. The lowest BCUT2D eigenvalue weighted by Crippen LogP contribution is -2.17. The van der Waals surface area contributed by atoms with Crippen LogP contribution in [0.3, 0.4) is 0 Å². The van der Waals surface area contributed by atoms with Crippen LogP contribution in [0.4, 0.5) is 0 Å². The summed E-state index contributed by atoms with van der Waals surface area (Å²) in [5, 5.41) is 15.2. The Morgan fingerprint density at radius 3 is 2.71 bits per heavy atom. The number of nitrogens with one attached hydrogen (secondary N) is 1. The quantitative estimate of drug-likeness (QED) is 0.564. The van der Waals surface area contributed by atoms with Gasteiger partial charge >= 0.3 is 0 Å². The highest BCUT2D eigenvalue weighted by Gasteiger charge is 2.18. The van der Waals surface area contributed by atoms with Crippen LogP contribution in [-0.4, -0.2) is 25.7 Å². The molecule has 6 nitrogen and oxygen atoms in total. The molecule has 1 aromatic carbocycles. The lowest BCUT2D eigenvalue weighted by molar-refractivity contribution is -0.112. The molecular weight excluding hydrogens is 326 g/mol. The maximum absolute atomic E-state index is 12.5. The van der Waals surface area contributed by atoms with Crippen molar-refractivity contribution in [3.8, 4) is 16.4 Å². The van der Waals surface area contributed by atoms with Crippen LogP contribution in [0.1, 0.15) is 18.2 Å². The Morgan fingerprint density at radius 1 is 1.33 bits per heavy atom. The number of benzene rings is 1. The first-order valence-corrected chi connectivity index (χ1v) is 8.10. The number of thiazole rings is 1. The van der Waals surface area contributed by atoms with Gasteiger partial charge in [0.1, 0.15) is 11.3 Å². The van der Waals surface area contributed by atoms with Gasteiger partial charge in [0, 0.05) is 22.7 Å². The number of aromatic amines is 1. The number of hydrogen-bond acceptors (Lipinski definition) is 5. The van der Waals surface area contributed by atoms with Gasteiger partial charge in [-0.2, -0.15) is 4.68 Å². The van der Waals surface area contributed by atoms with Crippen LogP contribution in [0.2, 0.25) is 0 Å². The van der Waals surface area contributed by atoms with Crippen molar-refractivity contribution >= 4 is 22.9 Å². The van der Waals surface area contributed by atoms with Gasteiger partial charge in [0.05, 0.1) is 5.69 Å². The Labute approximate surface area is 141 Å². The second-order valence-corrected chi connectivity index (χ2v) is 6.11. The molecule has 0 spiro atoms. The molecule has 0 atom stereocenters. The number of aliphatic hydroxyl groups is 1. The fraction of sp³-hybridized carbons (Fsp3) is 0.118. The van der Waals surface area contributed by atoms with Gasteiger partial charge in [0.25, 0.3) is 5.56 Å². The van der Waals surface area contributed by atoms with E-state index in [1.807, 2.05) is 35.7 Å². The zero-order valence-corrected chi connectivity index (χ0v) is 13.9. The Hall–Kier alpha value is -2.93. The number of allylic oxidation sites excluding steroid dienone is 1. The summed E-state index contributed by atoms with van der Waals surface area (Å²) in [5.74, 6) is -0.681. The number of ketones is 1. The van der Waals surface area contributed by atoms with Crippen LogP contribution in [0.15, 0.2) is 46.6 Å². The molecule has 0 bridgehead atoms. The minimum absolute atomic E-state index is 0.0710. The van der Waals surface area contributed by atoms with Crippen molar-refractivity contribution in [2.75, 3.05) is 0 Å². The molecule has 0 radical (unpaired) electrons. The van der Waals surface area contributed by atoms with E-state index < -0.39 is 5.56 Å². The van der Waals surface area contributed by atoms with E-state index in [-0.39, 0.29) is 17.1 Å². The summed E-state index contributed by atoms with van der Waals surface area (Å²) >= 11 is 1.31. The van der Waals surface area contributed by atoms with Gasteiger partial charge in [-0.3, -0.25) is 14.7 Å². The molecule has 3 rings (SSSR count). The highest BCUT2D eigenvalue weighted by Crippen LogP contribution is 2.23. The second kappa shape index (κ2) is 6.29. The number of aromatic nitrogens is 3. The lowest BCUT2D eigenvalue weighted by atomic mass is 10.2. The minimum atomic E-state index is -0.448. The highest BCUT2D eigenvalue weighted by molar-refractivity contribution is 7.12. The predicted octanol–water partition coefficient (Wildman–Crippen LogP) is 3.09. The van der Waals surface area contributed by atoms with Crippen molar-refractivity contribution in [3.63, 3.8) is 0 Å². The monoisotopic (exact) mass is 341 g/mol. The Bertz CT molecular complexity index is 980. The first kappa shape index (κ1) is 15.9. The number of aryl methyl sites for hydroxylation is 1. The average molecular weight is 341 g/mol. The number of rotatable bonds is 4. The van der Waals surface area contributed by atoms with E-state index >= 15 is 0 Å². The molecule has 0 saturated heterocycles. The van der Waals surface area contributed by atoms with E-state index in [0.29, 0.717) is 10.8 Å². The largest absolute Gasteiger partial charge is 0.507 e. The van der Waals surface area contributed by atoms with Gasteiger partial charge in [-0.15, -0.1) is 11.3 Å². The Balaban J connectivity index is 2.05. The van der Waals surface area contributed by atoms with Crippen molar-refractivity contribution in [2.45, 2.75) is 13.8 Å². The first-order valence-electron chi connectivity index (χ1n) is 7.22. The molecule has 0 aliphatic carbocycles. The van der Waals surface area contributed by atoms with E-state index in [2.05, 4.69) is 10.1 Å². The van der Waals surface area contributed by atoms with E-state index in [1.54, 1.807) is 6.92 Å². The summed E-state index contributed by atoms with van der Waals surface area (Å²) in [4.78, 5) is 28.1. The fourth-order valence-electron chi connectivity index (χ4n) is 2.36. The van der Waals surface area contributed by atoms with Gasteiger partial charge in [0.15, 0.2) is 5.78 Å². The Morgan fingerprint density at radius 2 is 2.04 bits per heavy atom. The van der Waals surface area contributed by atoms with Crippen LogP contribution in [0, 0.1) is 6.92 Å². The number of nitrogens with zero attached hydrogens (tertiary/aromatic N) is 2. The van der Waals surface area contributed by atoms with Crippen LogP contribution in [0.25, 0.3) is 22.1 Å². The minimum Gasteiger partial charge on any atom is -0.507 e. The summed E-state index contributed by atoms with van der Waals surface area (Å²) in [6, 6.07) is 9.64. The standard InChI is InChI=1S/C17H15N3O3S/c1-10(21)8-14(22)15-11(2)19-20(16(15)23)17-18-13(9-24-17)12-6-4-3-5-7-12/h3-9,19,22H,1-2H3/b14-8-. The third-order valence-corrected chi connectivity index (χ3v) is 4.25. The van der Waals surface area contributed by atoms with Crippen molar-refractivity contribution in [3.05, 3.63) is 63.4 Å². The summed E-state index contributed by atoms with van der Waals surface area (Å²) in [6.45, 7) is 2.97. The molecular formula is C17H15N3O3S. The zero-order valence-electron chi connectivity index (χ0n) is 13.1. The molecule has 0 aliphatic heterocycles. The van der Waals surface area contributed by atoms with Crippen molar-refractivity contribution in [1.82, 2.24) is 14.8 Å². The van der Waals surface area contributed by atoms with Gasteiger partial charge < -0.3 is 5.11 Å². The second-order valence-electron chi connectivity index (χ2n) is 5.27. The fourth-order valence-corrected chi connectivity index (χ4v) is 3.15. The number of H-pyrrole nitrogens is 1. The number of carbonyl (C=O) groups is 1. The number of aliphatic hydroxyl groups excluding tert-OH is 1. The molecule has 122 valence electrons. The average Bonchev–Trinajstić information content (AvgIpc) is 3.12. The molecule has 2 N–H and O–H groups in total. The molecule has 0 amide bonds. The molecule has 2 heterocycles. The smallest absolute Gasteiger partial charge is 0.284 e. The van der Waals surface area contributed by atoms with Gasteiger partial charge in [0.2, 0.25) is 5.13 Å². The van der Waals surface area contributed by atoms with E-state index in [4.69, 9.17) is 0 Å². The Kier molecular flexibility index (Phi) is 4.18. The van der Waals surface area contributed by atoms with Crippen LogP contribution < -0.4 is 5.56 Å². The maximum atomic E-state index is 12.5. The number of carbonyl (C=O) groups excluding carboxylic acids is 1. The van der Waals surface area contributed by atoms with E-state index in [9.17, 15) is 14.7 Å². The third kappa shape index (κ3) is 2.93. The number of hydrogen-bond donors (Lipinski definition) is 2. The van der Waals surface area contributed by atoms with Crippen molar-refractivity contribution in [1.29, 1.82) is 0 Å². The van der Waals surface area contributed by atoms with Crippen LogP contribution >= 0.6 is 11.3 Å². The third-order valence-electron chi connectivity index (χ3n) is 3.42. The summed E-state index contributed by atoms with van der Waals surface area (Å²) in [7, 11) is 0. The molecule has 24 heavy (non-hydrogen) atoms. The SMILES string of the molecule is CC(=O)/C=C(\O)c1c(C)[nH]n(-c2nc(-c3ccccc3)cs2)c1=O. The van der Waals surface area contributed by atoms with Gasteiger partial charge in [-0.05, 0) is 13.8 Å². The zero-order chi connectivity index (χ0) is 17.3. The molecule has 0 fully saturated rings. The normalized spacial score (nSPS) is 11.7. The van der Waals surface area contributed by atoms with Crippen molar-refractivity contribution in [2.24, 2.45) is 0 Å². The first-order chi connectivity index (χ1) is 11.5. The van der Waals surface area contributed by atoms with Crippen molar-refractivity contribution < 1.29 is 9.90 Å². The van der Waals surface area contributed by atoms with E-state index in [1.165, 1.54) is 22.9 Å². The molecule has 3 aromatic rings. The van der Waals surface area contributed by atoms with Gasteiger partial charge in [-0.1, -0.05) is 30.3 Å².